The summed E-state index contributed by atoms with van der Waals surface area (Å²) in [4.78, 5) is 17.6. The Balaban J connectivity index is 1.28. The van der Waals surface area contributed by atoms with E-state index in [0.717, 1.165) is 17.1 Å². The Kier molecular flexibility index (Phi) is 7.29. The van der Waals surface area contributed by atoms with Crippen molar-refractivity contribution in [1.29, 1.82) is 0 Å². The first kappa shape index (κ1) is 22.6. The minimum atomic E-state index is -0.293. The highest BCUT2D eigenvalue weighted by Gasteiger charge is 2.24. The number of amides is 1. The molecule has 3 aromatic rings. The Morgan fingerprint density at radius 1 is 1.09 bits per heavy atom. The van der Waals surface area contributed by atoms with Crippen molar-refractivity contribution in [2.75, 3.05) is 33.3 Å². The van der Waals surface area contributed by atoms with E-state index in [1.54, 1.807) is 19.2 Å². The highest BCUT2D eigenvalue weighted by atomic mass is 35.5. The number of methoxy groups -OCH3 is 1. The van der Waals surface area contributed by atoms with Gasteiger partial charge in [-0.05, 0) is 47.8 Å². The van der Waals surface area contributed by atoms with Crippen LogP contribution in [-0.4, -0.2) is 49.0 Å². The molecule has 1 aromatic heterocycles. The van der Waals surface area contributed by atoms with Gasteiger partial charge in [0.25, 0.3) is 5.91 Å². The molecule has 0 saturated carbocycles. The molecule has 0 atom stereocenters. The summed E-state index contributed by atoms with van der Waals surface area (Å²) in [5.74, 6) is 1.25. The molecule has 1 aliphatic rings. The van der Waals surface area contributed by atoms with Crippen molar-refractivity contribution in [2.45, 2.75) is 13.2 Å². The predicted molar refractivity (Wildman–Crippen MR) is 124 cm³/mol. The van der Waals surface area contributed by atoms with Crippen molar-refractivity contribution < 1.29 is 18.7 Å². The molecular formula is C24H24ClFN2O3S. The van der Waals surface area contributed by atoms with Crippen molar-refractivity contribution in [2.24, 2.45) is 0 Å². The van der Waals surface area contributed by atoms with Crippen LogP contribution in [0.1, 0.15) is 20.8 Å². The second kappa shape index (κ2) is 10.3. The number of rotatable bonds is 7. The monoisotopic (exact) mass is 474 g/mol. The normalized spacial score (nSPS) is 14.4. The Bertz CT molecular complexity index is 1050. The fraction of sp³-hybridized carbons (Fsp3) is 0.292. The number of carbonyl (C=O) groups excluding carboxylic acids is 1. The van der Waals surface area contributed by atoms with Gasteiger partial charge in [-0.2, -0.15) is 0 Å². The van der Waals surface area contributed by atoms with E-state index in [0.29, 0.717) is 54.8 Å². The third-order valence-electron chi connectivity index (χ3n) is 5.43. The number of thiophene rings is 1. The van der Waals surface area contributed by atoms with Gasteiger partial charge < -0.3 is 14.4 Å². The lowest BCUT2D eigenvalue weighted by atomic mass is 10.1. The molecule has 0 aliphatic carbocycles. The zero-order valence-corrected chi connectivity index (χ0v) is 19.3. The van der Waals surface area contributed by atoms with Crippen LogP contribution in [0, 0.1) is 5.82 Å². The Morgan fingerprint density at radius 2 is 1.81 bits per heavy atom. The molecule has 32 heavy (non-hydrogen) atoms. The highest BCUT2D eigenvalue weighted by molar-refractivity contribution is 7.12. The van der Waals surface area contributed by atoms with E-state index in [4.69, 9.17) is 21.1 Å². The van der Waals surface area contributed by atoms with Crippen LogP contribution in [0.2, 0.25) is 5.02 Å². The van der Waals surface area contributed by atoms with Crippen LogP contribution in [-0.2, 0) is 13.2 Å². The largest absolute Gasteiger partial charge is 0.497 e. The number of nitrogens with zero attached hydrogens (tertiary/aromatic N) is 2. The number of benzene rings is 2. The fourth-order valence-corrected chi connectivity index (χ4v) is 4.66. The van der Waals surface area contributed by atoms with Gasteiger partial charge in [-0.1, -0.05) is 17.7 Å². The molecule has 0 unspecified atom stereocenters. The van der Waals surface area contributed by atoms with Crippen molar-refractivity contribution >= 4 is 28.8 Å². The molecule has 0 bridgehead atoms. The number of hydrogen-bond donors (Lipinski definition) is 0. The number of ether oxygens (including phenoxy) is 2. The highest BCUT2D eigenvalue weighted by Crippen LogP contribution is 2.24. The van der Waals surface area contributed by atoms with Gasteiger partial charge in [0.2, 0.25) is 0 Å². The molecule has 168 valence electrons. The summed E-state index contributed by atoms with van der Waals surface area (Å²) in [7, 11) is 1.62. The molecule has 1 aliphatic heterocycles. The molecule has 0 radical (unpaired) electrons. The number of piperazine rings is 1. The molecule has 4 rings (SSSR count). The summed E-state index contributed by atoms with van der Waals surface area (Å²) >= 11 is 7.57. The Labute approximate surface area is 195 Å². The number of carbonyl (C=O) groups is 1. The van der Waals surface area contributed by atoms with Gasteiger partial charge in [0.05, 0.1) is 12.0 Å². The van der Waals surface area contributed by atoms with Gasteiger partial charge in [-0.15, -0.1) is 11.3 Å². The maximum atomic E-state index is 14.0. The average Bonchev–Trinajstić information content (AvgIpc) is 3.29. The predicted octanol–water partition coefficient (Wildman–Crippen LogP) is 5.09. The van der Waals surface area contributed by atoms with Crippen LogP contribution in [0.5, 0.6) is 11.5 Å². The van der Waals surface area contributed by atoms with Gasteiger partial charge in [-0.3, -0.25) is 9.69 Å². The minimum absolute atomic E-state index is 0.0225. The van der Waals surface area contributed by atoms with E-state index in [9.17, 15) is 9.18 Å². The van der Waals surface area contributed by atoms with Crippen molar-refractivity contribution in [3.05, 3.63) is 80.8 Å². The number of halogens is 2. The van der Waals surface area contributed by atoms with Crippen molar-refractivity contribution in [3.8, 4) is 11.5 Å². The third kappa shape index (κ3) is 5.41. The van der Waals surface area contributed by atoms with Crippen molar-refractivity contribution in [3.63, 3.8) is 0 Å². The zero-order valence-electron chi connectivity index (χ0n) is 17.7. The molecule has 1 amide bonds. The first-order valence-corrected chi connectivity index (χ1v) is 11.6. The lowest BCUT2D eigenvalue weighted by molar-refractivity contribution is 0.0631. The van der Waals surface area contributed by atoms with Crippen LogP contribution < -0.4 is 9.47 Å². The molecular weight excluding hydrogens is 451 g/mol. The van der Waals surface area contributed by atoms with E-state index < -0.39 is 0 Å². The van der Waals surface area contributed by atoms with Gasteiger partial charge in [-0.25, -0.2) is 4.39 Å². The molecule has 0 spiro atoms. The Hall–Kier alpha value is -2.61. The smallest absolute Gasteiger partial charge is 0.264 e. The van der Waals surface area contributed by atoms with E-state index >= 15 is 0 Å². The second-order valence-electron chi connectivity index (χ2n) is 7.55. The summed E-state index contributed by atoms with van der Waals surface area (Å²) < 4.78 is 25.0. The lowest BCUT2D eigenvalue weighted by Gasteiger charge is -2.34. The van der Waals surface area contributed by atoms with Crippen LogP contribution >= 0.6 is 22.9 Å². The van der Waals surface area contributed by atoms with Crippen LogP contribution in [0.3, 0.4) is 0 Å². The fourth-order valence-electron chi connectivity index (χ4n) is 3.57. The van der Waals surface area contributed by atoms with Gasteiger partial charge in [0.1, 0.15) is 23.9 Å². The standard InChI is InChI=1S/C24H24ClFN2O3S/c1-30-18-5-7-19(8-6-18)31-15-17-13-23(32-16-17)24(29)28-11-9-27(10-12-28)14-20-21(25)3-2-4-22(20)26/h2-8,13,16H,9-12,14-15H2,1H3. The Morgan fingerprint density at radius 3 is 2.50 bits per heavy atom. The van der Waals surface area contributed by atoms with E-state index in [-0.39, 0.29) is 11.7 Å². The minimum Gasteiger partial charge on any atom is -0.497 e. The number of hydrogen-bond acceptors (Lipinski definition) is 5. The van der Waals surface area contributed by atoms with E-state index in [1.165, 1.54) is 17.4 Å². The third-order valence-corrected chi connectivity index (χ3v) is 6.75. The average molecular weight is 475 g/mol. The van der Waals surface area contributed by atoms with E-state index in [2.05, 4.69) is 4.90 Å². The molecule has 1 fully saturated rings. The summed E-state index contributed by atoms with van der Waals surface area (Å²) in [5.41, 5.74) is 1.47. The van der Waals surface area contributed by atoms with Gasteiger partial charge in [0, 0.05) is 48.9 Å². The molecule has 0 N–H and O–H groups in total. The maximum absolute atomic E-state index is 14.0. The first-order chi connectivity index (χ1) is 15.5. The summed E-state index contributed by atoms with van der Waals surface area (Å²) in [6, 6.07) is 14.0. The topological polar surface area (TPSA) is 42.0 Å². The molecule has 1 saturated heterocycles. The van der Waals surface area contributed by atoms with Gasteiger partial charge >= 0.3 is 0 Å². The molecule has 5 nitrogen and oxygen atoms in total. The van der Waals surface area contributed by atoms with Crippen LogP contribution in [0.25, 0.3) is 0 Å². The van der Waals surface area contributed by atoms with Crippen molar-refractivity contribution in [1.82, 2.24) is 9.80 Å². The maximum Gasteiger partial charge on any atom is 0.264 e. The molecule has 8 heteroatoms. The quantitative estimate of drug-likeness (QED) is 0.478. The summed E-state index contributed by atoms with van der Waals surface area (Å²) in [6.45, 7) is 3.39. The van der Waals surface area contributed by atoms with Crippen LogP contribution in [0.4, 0.5) is 4.39 Å². The second-order valence-corrected chi connectivity index (χ2v) is 8.87. The molecule has 2 aromatic carbocycles. The van der Waals surface area contributed by atoms with Gasteiger partial charge in [0.15, 0.2) is 0 Å². The summed E-state index contributed by atoms with van der Waals surface area (Å²) in [6.07, 6.45) is 0. The molecule has 2 heterocycles. The van der Waals surface area contributed by atoms with E-state index in [1.807, 2.05) is 40.6 Å². The lowest BCUT2D eigenvalue weighted by Crippen LogP contribution is -2.48. The van der Waals surface area contributed by atoms with Crippen LogP contribution in [0.15, 0.2) is 53.9 Å². The first-order valence-electron chi connectivity index (χ1n) is 10.3. The SMILES string of the molecule is COc1ccc(OCc2csc(C(=O)N3CCN(Cc4c(F)cccc4Cl)CC3)c2)cc1. The summed E-state index contributed by atoms with van der Waals surface area (Å²) in [5, 5.41) is 2.39. The zero-order chi connectivity index (χ0) is 22.5.